The number of rotatable bonds is 1. The molecule has 0 aliphatic carbocycles. The molecule has 0 spiro atoms. The highest BCUT2D eigenvalue weighted by molar-refractivity contribution is 5.99. The molecular formula is C13H19N3O. The van der Waals surface area contributed by atoms with Gasteiger partial charge < -0.3 is 15.5 Å². The Morgan fingerprint density at radius 2 is 2.18 bits per heavy atom. The minimum absolute atomic E-state index is 0.00384. The van der Waals surface area contributed by atoms with E-state index in [-0.39, 0.29) is 12.5 Å². The van der Waals surface area contributed by atoms with Crippen LogP contribution in [0.15, 0.2) is 18.2 Å². The van der Waals surface area contributed by atoms with Crippen molar-refractivity contribution in [3.8, 4) is 0 Å². The maximum atomic E-state index is 11.9. The van der Waals surface area contributed by atoms with Crippen LogP contribution in [0.25, 0.3) is 0 Å². The number of carbonyl (C=O) groups excluding carboxylic acids is 1. The van der Waals surface area contributed by atoms with Crippen molar-refractivity contribution in [2.75, 3.05) is 36.5 Å². The van der Waals surface area contributed by atoms with Crippen LogP contribution in [0.3, 0.4) is 0 Å². The van der Waals surface area contributed by atoms with E-state index in [0.717, 1.165) is 36.4 Å². The van der Waals surface area contributed by atoms with Gasteiger partial charge in [-0.2, -0.15) is 0 Å². The predicted octanol–water partition coefficient (Wildman–Crippen LogP) is 1.13. The molecule has 1 aromatic carbocycles. The van der Waals surface area contributed by atoms with E-state index in [4.69, 9.17) is 5.73 Å². The van der Waals surface area contributed by atoms with Gasteiger partial charge in [0.15, 0.2) is 0 Å². The van der Waals surface area contributed by atoms with Crippen LogP contribution < -0.4 is 15.5 Å². The number of carbonyl (C=O) groups is 1. The number of hydrogen-bond donors (Lipinski definition) is 1. The van der Waals surface area contributed by atoms with Crippen molar-refractivity contribution in [3.63, 3.8) is 0 Å². The number of hydrogen-bond acceptors (Lipinski definition) is 3. The van der Waals surface area contributed by atoms with Gasteiger partial charge in [0.25, 0.3) is 0 Å². The van der Waals surface area contributed by atoms with Crippen molar-refractivity contribution in [2.45, 2.75) is 13.3 Å². The van der Waals surface area contributed by atoms with E-state index in [0.29, 0.717) is 0 Å². The molecule has 1 heterocycles. The van der Waals surface area contributed by atoms with Crippen LogP contribution in [-0.2, 0) is 4.79 Å². The van der Waals surface area contributed by atoms with Gasteiger partial charge in [0.1, 0.15) is 0 Å². The second-order valence-electron chi connectivity index (χ2n) is 4.47. The average Bonchev–Trinajstić information content (AvgIpc) is 2.50. The molecule has 0 aromatic heterocycles. The molecule has 4 heteroatoms. The van der Waals surface area contributed by atoms with E-state index in [1.54, 1.807) is 0 Å². The summed E-state index contributed by atoms with van der Waals surface area (Å²) in [4.78, 5) is 16.0. The molecule has 0 saturated heterocycles. The number of para-hydroxylation sites is 1. The Morgan fingerprint density at radius 3 is 2.88 bits per heavy atom. The third kappa shape index (κ3) is 2.13. The first-order chi connectivity index (χ1) is 8.15. The molecule has 1 aliphatic heterocycles. The number of amides is 1. The molecule has 2 N–H and O–H groups in total. The Hall–Kier alpha value is -1.55. The van der Waals surface area contributed by atoms with Gasteiger partial charge in [0.05, 0.1) is 17.9 Å². The number of fused-ring (bicyclic) bond motifs is 1. The predicted molar refractivity (Wildman–Crippen MR) is 70.5 cm³/mol. The molecular weight excluding hydrogens is 214 g/mol. The van der Waals surface area contributed by atoms with Crippen LogP contribution in [-0.4, -0.2) is 32.6 Å². The molecule has 4 nitrogen and oxygen atoms in total. The Balaban J connectivity index is 2.52. The molecule has 1 amide bonds. The SMILES string of the molecule is Cc1cccc2c1N(C(=O)CN)CCCN2C. The highest BCUT2D eigenvalue weighted by Gasteiger charge is 2.23. The molecule has 1 aliphatic rings. The Bertz CT molecular complexity index is 431. The van der Waals surface area contributed by atoms with Crippen molar-refractivity contribution >= 4 is 17.3 Å². The lowest BCUT2D eigenvalue weighted by atomic mass is 10.1. The molecule has 2 rings (SSSR count). The normalized spacial score (nSPS) is 15.5. The summed E-state index contributed by atoms with van der Waals surface area (Å²) in [7, 11) is 2.06. The van der Waals surface area contributed by atoms with Crippen molar-refractivity contribution in [1.82, 2.24) is 0 Å². The molecule has 92 valence electrons. The summed E-state index contributed by atoms with van der Waals surface area (Å²) in [5, 5.41) is 0. The van der Waals surface area contributed by atoms with E-state index < -0.39 is 0 Å². The van der Waals surface area contributed by atoms with Gasteiger partial charge in [-0.3, -0.25) is 4.79 Å². The molecule has 0 saturated carbocycles. The summed E-state index contributed by atoms with van der Waals surface area (Å²) in [5.41, 5.74) is 8.75. The van der Waals surface area contributed by atoms with E-state index in [9.17, 15) is 4.79 Å². The summed E-state index contributed by atoms with van der Waals surface area (Å²) in [6.45, 7) is 3.81. The van der Waals surface area contributed by atoms with Crippen molar-refractivity contribution < 1.29 is 4.79 Å². The number of nitrogens with zero attached hydrogens (tertiary/aromatic N) is 2. The van der Waals surface area contributed by atoms with Crippen LogP contribution in [0.1, 0.15) is 12.0 Å². The highest BCUT2D eigenvalue weighted by atomic mass is 16.2. The maximum absolute atomic E-state index is 11.9. The van der Waals surface area contributed by atoms with Crippen molar-refractivity contribution in [3.05, 3.63) is 23.8 Å². The first-order valence-corrected chi connectivity index (χ1v) is 5.96. The second kappa shape index (κ2) is 4.75. The van der Waals surface area contributed by atoms with Crippen LogP contribution in [0.2, 0.25) is 0 Å². The second-order valence-corrected chi connectivity index (χ2v) is 4.47. The Kier molecular flexibility index (Phi) is 3.33. The number of aryl methyl sites for hydroxylation is 1. The Labute approximate surface area is 102 Å². The fourth-order valence-corrected chi connectivity index (χ4v) is 2.36. The third-order valence-corrected chi connectivity index (χ3v) is 3.25. The van der Waals surface area contributed by atoms with Crippen LogP contribution >= 0.6 is 0 Å². The largest absolute Gasteiger partial charge is 0.373 e. The molecule has 0 fully saturated rings. The summed E-state index contributed by atoms with van der Waals surface area (Å²) in [6, 6.07) is 6.13. The highest BCUT2D eigenvalue weighted by Crippen LogP contribution is 2.34. The van der Waals surface area contributed by atoms with E-state index in [1.807, 2.05) is 24.0 Å². The maximum Gasteiger partial charge on any atom is 0.240 e. The molecule has 0 atom stereocenters. The quantitative estimate of drug-likeness (QED) is 0.791. The minimum Gasteiger partial charge on any atom is -0.373 e. The number of nitrogens with two attached hydrogens (primary N) is 1. The summed E-state index contributed by atoms with van der Waals surface area (Å²) in [6.07, 6.45) is 0.969. The monoisotopic (exact) mass is 233 g/mol. The van der Waals surface area contributed by atoms with E-state index in [1.165, 1.54) is 0 Å². The van der Waals surface area contributed by atoms with Gasteiger partial charge in [-0.1, -0.05) is 12.1 Å². The minimum atomic E-state index is -0.00384. The summed E-state index contributed by atoms with van der Waals surface area (Å²) >= 11 is 0. The number of benzene rings is 1. The van der Waals surface area contributed by atoms with Gasteiger partial charge in [-0.05, 0) is 25.0 Å². The smallest absolute Gasteiger partial charge is 0.240 e. The van der Waals surface area contributed by atoms with Crippen LogP contribution in [0, 0.1) is 6.92 Å². The van der Waals surface area contributed by atoms with Gasteiger partial charge in [-0.15, -0.1) is 0 Å². The topological polar surface area (TPSA) is 49.6 Å². The zero-order valence-electron chi connectivity index (χ0n) is 10.4. The third-order valence-electron chi connectivity index (χ3n) is 3.25. The summed E-state index contributed by atoms with van der Waals surface area (Å²) in [5.74, 6) is -0.00384. The number of anilines is 2. The lowest BCUT2D eigenvalue weighted by Crippen LogP contribution is -2.36. The zero-order valence-corrected chi connectivity index (χ0v) is 10.4. The fourth-order valence-electron chi connectivity index (χ4n) is 2.36. The lowest BCUT2D eigenvalue weighted by Gasteiger charge is -2.25. The first-order valence-electron chi connectivity index (χ1n) is 5.96. The average molecular weight is 233 g/mol. The zero-order chi connectivity index (χ0) is 12.4. The van der Waals surface area contributed by atoms with Gasteiger partial charge >= 0.3 is 0 Å². The van der Waals surface area contributed by atoms with Crippen LogP contribution in [0.5, 0.6) is 0 Å². The van der Waals surface area contributed by atoms with E-state index in [2.05, 4.69) is 18.0 Å². The van der Waals surface area contributed by atoms with Gasteiger partial charge in [0, 0.05) is 20.1 Å². The first kappa shape index (κ1) is 11.9. The summed E-state index contributed by atoms with van der Waals surface area (Å²) < 4.78 is 0. The van der Waals surface area contributed by atoms with Crippen LogP contribution in [0.4, 0.5) is 11.4 Å². The van der Waals surface area contributed by atoms with Gasteiger partial charge in [-0.25, -0.2) is 0 Å². The van der Waals surface area contributed by atoms with E-state index >= 15 is 0 Å². The molecule has 0 radical (unpaired) electrons. The Morgan fingerprint density at radius 1 is 1.41 bits per heavy atom. The molecule has 1 aromatic rings. The standard InChI is InChI=1S/C13H19N3O/c1-10-5-3-6-11-13(10)16(12(17)9-14)8-4-7-15(11)2/h3,5-6H,4,7-9,14H2,1-2H3. The van der Waals surface area contributed by atoms with Crippen molar-refractivity contribution in [1.29, 1.82) is 0 Å². The lowest BCUT2D eigenvalue weighted by molar-refractivity contribution is -0.117. The molecule has 0 unspecified atom stereocenters. The van der Waals surface area contributed by atoms with Crippen molar-refractivity contribution in [2.24, 2.45) is 5.73 Å². The molecule has 17 heavy (non-hydrogen) atoms. The van der Waals surface area contributed by atoms with Gasteiger partial charge in [0.2, 0.25) is 5.91 Å². The fraction of sp³-hybridized carbons (Fsp3) is 0.462. The molecule has 0 bridgehead atoms.